The van der Waals surface area contributed by atoms with Crippen LogP contribution in [0, 0.1) is 17.2 Å². The number of rotatable bonds is 8. The van der Waals surface area contributed by atoms with E-state index in [1.807, 2.05) is 47.3 Å². The quantitative estimate of drug-likeness (QED) is 0.164. The lowest BCUT2D eigenvalue weighted by molar-refractivity contribution is -0.131. The maximum absolute atomic E-state index is 11.0. The number of allylic oxidation sites excluding steroid dienone is 1. The van der Waals surface area contributed by atoms with Crippen molar-refractivity contribution in [2.45, 2.75) is 44.8 Å². The van der Waals surface area contributed by atoms with Crippen molar-refractivity contribution in [1.29, 1.82) is 5.26 Å². The van der Waals surface area contributed by atoms with Crippen molar-refractivity contribution < 1.29 is 14.6 Å². The molecule has 7 heteroatoms. The van der Waals surface area contributed by atoms with Crippen LogP contribution in [0.15, 0.2) is 85.2 Å². The summed E-state index contributed by atoms with van der Waals surface area (Å²) in [5, 5.41) is 23.7. The van der Waals surface area contributed by atoms with Gasteiger partial charge >= 0.3 is 5.97 Å². The molecule has 0 amide bonds. The number of nitrogens with zero attached hydrogens (tertiary/aromatic N) is 3. The molecule has 6 nitrogen and oxygen atoms in total. The molecule has 1 saturated carbocycles. The Hall–Kier alpha value is -4.44. The molecular formula is C36H32ClN3O3. The Morgan fingerprint density at radius 1 is 0.977 bits per heavy atom. The van der Waals surface area contributed by atoms with Crippen molar-refractivity contribution in [2.24, 2.45) is 5.92 Å². The molecular weight excluding hydrogens is 558 g/mol. The smallest absolute Gasteiger partial charge is 0.328 e. The molecule has 3 aromatic carbocycles. The summed E-state index contributed by atoms with van der Waals surface area (Å²) < 4.78 is 7.84. The fourth-order valence-corrected chi connectivity index (χ4v) is 6.15. The van der Waals surface area contributed by atoms with Crippen molar-refractivity contribution in [1.82, 2.24) is 9.78 Å². The lowest BCUT2D eigenvalue weighted by Crippen LogP contribution is -2.18. The Bertz CT molecular complexity index is 1720. The number of aliphatic carboxylic acids is 1. The molecule has 0 spiro atoms. The molecule has 6 rings (SSSR count). The number of carboxylic acid groups (broad SMARTS) is 1. The third kappa shape index (κ3) is 6.34. The average Bonchev–Trinajstić information content (AvgIpc) is 3.51. The highest BCUT2D eigenvalue weighted by Gasteiger charge is 2.28. The normalized spacial score (nSPS) is 17.7. The fourth-order valence-electron chi connectivity index (χ4n) is 5.87. The highest BCUT2D eigenvalue weighted by Crippen LogP contribution is 2.47. The van der Waals surface area contributed by atoms with Crippen LogP contribution in [-0.2, 0) is 9.53 Å². The molecule has 1 atom stereocenters. The maximum atomic E-state index is 11.0. The molecule has 216 valence electrons. The highest BCUT2D eigenvalue weighted by molar-refractivity contribution is 6.33. The largest absolute Gasteiger partial charge is 0.478 e. The van der Waals surface area contributed by atoms with E-state index >= 15 is 0 Å². The van der Waals surface area contributed by atoms with Crippen molar-refractivity contribution in [3.8, 4) is 17.2 Å². The first-order chi connectivity index (χ1) is 21.0. The van der Waals surface area contributed by atoms with Crippen LogP contribution in [0.5, 0.6) is 0 Å². The van der Waals surface area contributed by atoms with Gasteiger partial charge in [-0.1, -0.05) is 72.6 Å². The van der Waals surface area contributed by atoms with E-state index in [0.29, 0.717) is 16.5 Å². The van der Waals surface area contributed by atoms with E-state index < -0.39 is 5.97 Å². The van der Waals surface area contributed by atoms with Gasteiger partial charge < -0.3 is 9.84 Å². The molecule has 1 N–H and O–H groups in total. The molecule has 2 fully saturated rings. The minimum absolute atomic E-state index is 0.00757. The van der Waals surface area contributed by atoms with E-state index in [1.54, 1.807) is 12.1 Å². The number of hydrogen-bond donors (Lipinski definition) is 1. The average molecular weight is 590 g/mol. The predicted molar refractivity (Wildman–Crippen MR) is 169 cm³/mol. The van der Waals surface area contributed by atoms with Gasteiger partial charge in [0, 0.05) is 29.5 Å². The van der Waals surface area contributed by atoms with E-state index in [2.05, 4.69) is 41.6 Å². The third-order valence-electron chi connectivity index (χ3n) is 8.35. The van der Waals surface area contributed by atoms with E-state index in [0.717, 1.165) is 90.2 Å². The first kappa shape index (κ1) is 28.7. The zero-order valence-electron chi connectivity index (χ0n) is 23.7. The molecule has 1 aromatic heterocycles. The second kappa shape index (κ2) is 12.8. The Morgan fingerprint density at radius 3 is 2.33 bits per heavy atom. The predicted octanol–water partition coefficient (Wildman–Crippen LogP) is 8.63. The summed E-state index contributed by atoms with van der Waals surface area (Å²) in [6.45, 7) is 0.771. The Labute approximate surface area is 256 Å². The van der Waals surface area contributed by atoms with Gasteiger partial charge in [-0.2, -0.15) is 10.4 Å². The fraction of sp³-hybridized carbons (Fsp3) is 0.250. The van der Waals surface area contributed by atoms with Gasteiger partial charge in [0.25, 0.3) is 0 Å². The van der Waals surface area contributed by atoms with Gasteiger partial charge in [-0.15, -0.1) is 0 Å². The van der Waals surface area contributed by atoms with E-state index in [4.69, 9.17) is 21.4 Å². The van der Waals surface area contributed by atoms with Gasteiger partial charge in [0.2, 0.25) is 0 Å². The molecule has 2 heterocycles. The molecule has 1 unspecified atom stereocenters. The van der Waals surface area contributed by atoms with Gasteiger partial charge in [-0.25, -0.2) is 9.48 Å². The first-order valence-corrected chi connectivity index (χ1v) is 15.1. The SMILES string of the molecule is N#Cc1ccc(C(=C(c2ccc(C=CC(=O)O)cc2)c2ccc(-c3cnn(C4CCCCO4)c3)cc2)C2CCC2)c(Cl)c1. The van der Waals surface area contributed by atoms with Gasteiger partial charge in [0.15, 0.2) is 0 Å². The van der Waals surface area contributed by atoms with Gasteiger partial charge in [0.05, 0.1) is 17.8 Å². The zero-order valence-corrected chi connectivity index (χ0v) is 24.5. The summed E-state index contributed by atoms with van der Waals surface area (Å²) >= 11 is 6.85. The van der Waals surface area contributed by atoms with E-state index in [1.165, 1.54) is 5.57 Å². The summed E-state index contributed by atoms with van der Waals surface area (Å²) in [5.41, 5.74) is 8.71. The summed E-state index contributed by atoms with van der Waals surface area (Å²) in [6, 6.07) is 24.2. The third-order valence-corrected chi connectivity index (χ3v) is 8.66. The van der Waals surface area contributed by atoms with E-state index in [9.17, 15) is 10.1 Å². The minimum atomic E-state index is -0.982. The van der Waals surface area contributed by atoms with Crippen molar-refractivity contribution in [3.05, 3.63) is 118 Å². The van der Waals surface area contributed by atoms with Crippen LogP contribution in [-0.4, -0.2) is 27.5 Å². The number of benzene rings is 3. The zero-order chi connectivity index (χ0) is 29.8. The number of aromatic nitrogens is 2. The van der Waals surface area contributed by atoms with Gasteiger partial charge in [0.1, 0.15) is 6.23 Å². The molecule has 1 aliphatic carbocycles. The maximum Gasteiger partial charge on any atom is 0.328 e. The molecule has 4 aromatic rings. The molecule has 1 saturated heterocycles. The number of ether oxygens (including phenoxy) is 1. The summed E-state index contributed by atoms with van der Waals surface area (Å²) in [6.07, 6.45) is 13.2. The lowest BCUT2D eigenvalue weighted by atomic mass is 9.73. The summed E-state index contributed by atoms with van der Waals surface area (Å²) in [5.74, 6) is -0.648. The van der Waals surface area contributed by atoms with Crippen molar-refractivity contribution in [2.75, 3.05) is 6.61 Å². The summed E-state index contributed by atoms with van der Waals surface area (Å²) in [4.78, 5) is 11.0. The number of hydrogen-bond acceptors (Lipinski definition) is 4. The first-order valence-electron chi connectivity index (χ1n) is 14.7. The molecule has 0 bridgehead atoms. The van der Waals surface area contributed by atoms with Crippen molar-refractivity contribution >= 4 is 34.8 Å². The number of halogens is 1. The Balaban J connectivity index is 1.44. The molecule has 1 aliphatic heterocycles. The number of nitriles is 1. The summed E-state index contributed by atoms with van der Waals surface area (Å²) in [7, 11) is 0. The van der Waals surface area contributed by atoms with Crippen LogP contribution in [0.25, 0.3) is 28.3 Å². The monoisotopic (exact) mass is 589 g/mol. The van der Waals surface area contributed by atoms with Crippen LogP contribution < -0.4 is 0 Å². The standard InChI is InChI=1S/C36H32ClN3O3/c37-32-20-25(21-38)9-17-31(32)36(27-4-3-5-27)35(28-11-7-24(8-12-28)10-18-34(41)42)29-15-13-26(14-16-29)30-22-39-40(23-30)33-6-1-2-19-43-33/h7-18,20,22-23,27,33H,1-6,19H2,(H,41,42). The highest BCUT2D eigenvalue weighted by atomic mass is 35.5. The second-order valence-electron chi connectivity index (χ2n) is 11.1. The van der Waals surface area contributed by atoms with Crippen LogP contribution in [0.3, 0.4) is 0 Å². The Morgan fingerprint density at radius 2 is 1.72 bits per heavy atom. The van der Waals surface area contributed by atoms with E-state index in [-0.39, 0.29) is 6.23 Å². The number of carbonyl (C=O) groups is 1. The lowest BCUT2D eigenvalue weighted by Gasteiger charge is -2.32. The molecule has 2 aliphatic rings. The minimum Gasteiger partial charge on any atom is -0.478 e. The van der Waals surface area contributed by atoms with Crippen molar-refractivity contribution in [3.63, 3.8) is 0 Å². The molecule has 43 heavy (non-hydrogen) atoms. The van der Waals surface area contributed by atoms with Gasteiger partial charge in [-0.05, 0) is 95.2 Å². The Kier molecular flexibility index (Phi) is 8.55. The second-order valence-corrected chi connectivity index (χ2v) is 11.5. The van der Waals surface area contributed by atoms with Crippen LogP contribution >= 0.6 is 11.6 Å². The van der Waals surface area contributed by atoms with Crippen LogP contribution in [0.2, 0.25) is 5.02 Å². The number of carboxylic acids is 1. The molecule has 0 radical (unpaired) electrons. The van der Waals surface area contributed by atoms with Crippen LogP contribution in [0.4, 0.5) is 0 Å². The van der Waals surface area contributed by atoms with Crippen LogP contribution in [0.1, 0.15) is 72.6 Å². The van der Waals surface area contributed by atoms with Gasteiger partial charge in [-0.3, -0.25) is 0 Å². The topological polar surface area (TPSA) is 88.1 Å².